The predicted octanol–water partition coefficient (Wildman–Crippen LogP) is 1.42. The molecule has 0 aliphatic carbocycles. The number of hydrogen-bond donors (Lipinski definition) is 2. The van der Waals surface area contributed by atoms with E-state index in [9.17, 15) is 9.90 Å². The highest BCUT2D eigenvalue weighted by atomic mass is 16.4. The van der Waals surface area contributed by atoms with Crippen LogP contribution in [-0.2, 0) is 4.79 Å². The minimum absolute atomic E-state index is 0.693. The zero-order valence-corrected chi connectivity index (χ0v) is 7.74. The number of carbonyl (C=O) groups is 1. The second kappa shape index (κ2) is 4.26. The van der Waals surface area contributed by atoms with Crippen molar-refractivity contribution in [3.05, 3.63) is 12.2 Å². The van der Waals surface area contributed by atoms with Gasteiger partial charge < -0.3 is 10.2 Å². The Morgan fingerprint density at radius 2 is 2.08 bits per heavy atom. The van der Waals surface area contributed by atoms with Gasteiger partial charge >= 0.3 is 5.97 Å². The summed E-state index contributed by atoms with van der Waals surface area (Å²) >= 11 is 0. The zero-order chi connectivity index (χ0) is 9.78. The van der Waals surface area contributed by atoms with E-state index in [0.29, 0.717) is 0 Å². The van der Waals surface area contributed by atoms with E-state index in [-0.39, 0.29) is 0 Å². The number of rotatable bonds is 4. The highest BCUT2D eigenvalue weighted by Crippen LogP contribution is 2.22. The molecule has 0 aliphatic rings. The molecule has 0 fully saturated rings. The summed E-state index contributed by atoms with van der Waals surface area (Å²) in [6.45, 7) is 5.34. The maximum atomic E-state index is 10.4. The Kier molecular flexibility index (Phi) is 3.96. The van der Waals surface area contributed by atoms with Crippen LogP contribution in [0.25, 0.3) is 0 Å². The molecular formula is C9H16O3. The second-order valence-electron chi connectivity index (χ2n) is 3.37. The number of aliphatic carboxylic acids is 1. The first kappa shape index (κ1) is 11.2. The van der Waals surface area contributed by atoms with Crippen LogP contribution in [0.2, 0.25) is 0 Å². The lowest BCUT2D eigenvalue weighted by molar-refractivity contribution is -0.151. The fraction of sp³-hybridized carbons (Fsp3) is 0.667. The van der Waals surface area contributed by atoms with Crippen molar-refractivity contribution >= 4 is 5.97 Å². The van der Waals surface area contributed by atoms with E-state index in [2.05, 4.69) is 0 Å². The molecule has 0 aliphatic heterocycles. The number of carboxylic acids is 1. The summed E-state index contributed by atoms with van der Waals surface area (Å²) < 4.78 is 0. The average molecular weight is 172 g/mol. The van der Waals surface area contributed by atoms with Gasteiger partial charge in [-0.2, -0.15) is 0 Å². The standard InChI is InChI=1S/C9H16O3/c1-4-5-6-9(2,3)7(10)8(11)12/h5-7,10H,4H2,1-3H3,(H,11,12)/b6-5+. The van der Waals surface area contributed by atoms with Gasteiger partial charge in [-0.1, -0.05) is 32.9 Å². The van der Waals surface area contributed by atoms with Crippen molar-refractivity contribution in [1.82, 2.24) is 0 Å². The SMILES string of the molecule is CC/C=C/C(C)(C)C(O)C(=O)O. The average Bonchev–Trinajstić information content (AvgIpc) is 1.99. The maximum Gasteiger partial charge on any atom is 0.333 e. The lowest BCUT2D eigenvalue weighted by atomic mass is 9.86. The van der Waals surface area contributed by atoms with Gasteiger partial charge in [0.15, 0.2) is 6.10 Å². The van der Waals surface area contributed by atoms with Crippen molar-refractivity contribution in [2.24, 2.45) is 5.41 Å². The van der Waals surface area contributed by atoms with Crippen LogP contribution < -0.4 is 0 Å². The molecule has 0 saturated heterocycles. The second-order valence-corrected chi connectivity index (χ2v) is 3.37. The van der Waals surface area contributed by atoms with Crippen LogP contribution in [0.4, 0.5) is 0 Å². The maximum absolute atomic E-state index is 10.4. The summed E-state index contributed by atoms with van der Waals surface area (Å²) in [6.07, 6.45) is 3.09. The van der Waals surface area contributed by atoms with Gasteiger partial charge in [-0.15, -0.1) is 0 Å². The molecule has 1 unspecified atom stereocenters. The normalized spacial score (nSPS) is 15.0. The Morgan fingerprint density at radius 1 is 1.58 bits per heavy atom. The molecule has 0 saturated carbocycles. The van der Waals surface area contributed by atoms with Crippen LogP contribution >= 0.6 is 0 Å². The van der Waals surface area contributed by atoms with Crippen molar-refractivity contribution in [3.8, 4) is 0 Å². The van der Waals surface area contributed by atoms with Gasteiger partial charge in [-0.25, -0.2) is 4.79 Å². The van der Waals surface area contributed by atoms with Gasteiger partial charge in [0.1, 0.15) is 0 Å². The largest absolute Gasteiger partial charge is 0.479 e. The van der Waals surface area contributed by atoms with Gasteiger partial charge in [0, 0.05) is 5.41 Å². The van der Waals surface area contributed by atoms with E-state index in [1.807, 2.05) is 13.0 Å². The summed E-state index contributed by atoms with van der Waals surface area (Å²) in [6, 6.07) is 0. The van der Waals surface area contributed by atoms with Crippen molar-refractivity contribution in [2.45, 2.75) is 33.3 Å². The number of aliphatic hydroxyl groups is 1. The number of hydrogen-bond acceptors (Lipinski definition) is 2. The Morgan fingerprint density at radius 3 is 2.42 bits per heavy atom. The van der Waals surface area contributed by atoms with E-state index in [4.69, 9.17) is 5.11 Å². The molecule has 0 aromatic heterocycles. The van der Waals surface area contributed by atoms with Crippen LogP contribution in [0.3, 0.4) is 0 Å². The van der Waals surface area contributed by atoms with E-state index >= 15 is 0 Å². The fourth-order valence-corrected chi connectivity index (χ4v) is 0.831. The lowest BCUT2D eigenvalue weighted by Gasteiger charge is -2.23. The molecule has 0 aromatic carbocycles. The predicted molar refractivity (Wildman–Crippen MR) is 46.9 cm³/mol. The van der Waals surface area contributed by atoms with E-state index in [0.717, 1.165) is 6.42 Å². The third kappa shape index (κ3) is 3.05. The molecule has 0 radical (unpaired) electrons. The molecule has 0 bridgehead atoms. The molecular weight excluding hydrogens is 156 g/mol. The van der Waals surface area contributed by atoms with Crippen molar-refractivity contribution < 1.29 is 15.0 Å². The van der Waals surface area contributed by atoms with E-state index in [1.165, 1.54) is 0 Å². The minimum Gasteiger partial charge on any atom is -0.479 e. The first-order valence-corrected chi connectivity index (χ1v) is 4.00. The number of aliphatic hydroxyl groups excluding tert-OH is 1. The highest BCUT2D eigenvalue weighted by Gasteiger charge is 2.30. The summed E-state index contributed by atoms with van der Waals surface area (Å²) in [5, 5.41) is 17.8. The molecule has 0 heterocycles. The Balaban J connectivity index is 4.38. The Labute approximate surface area is 72.7 Å². The molecule has 2 N–H and O–H groups in total. The molecule has 0 aromatic rings. The third-order valence-corrected chi connectivity index (χ3v) is 1.72. The Hall–Kier alpha value is -0.830. The van der Waals surface area contributed by atoms with Crippen LogP contribution in [0.15, 0.2) is 12.2 Å². The fourth-order valence-electron chi connectivity index (χ4n) is 0.831. The Bertz CT molecular complexity index is 182. The molecule has 70 valence electrons. The smallest absolute Gasteiger partial charge is 0.333 e. The van der Waals surface area contributed by atoms with Crippen molar-refractivity contribution in [1.29, 1.82) is 0 Å². The topological polar surface area (TPSA) is 57.5 Å². The highest BCUT2D eigenvalue weighted by molar-refractivity contribution is 5.73. The summed E-state index contributed by atoms with van der Waals surface area (Å²) in [5.41, 5.74) is -0.693. The number of allylic oxidation sites excluding steroid dienone is 1. The van der Waals surface area contributed by atoms with Gasteiger partial charge in [0.25, 0.3) is 0 Å². The molecule has 12 heavy (non-hydrogen) atoms. The first-order chi connectivity index (χ1) is 5.41. The monoisotopic (exact) mass is 172 g/mol. The summed E-state index contributed by atoms with van der Waals surface area (Å²) in [4.78, 5) is 10.4. The van der Waals surface area contributed by atoms with E-state index < -0.39 is 17.5 Å². The van der Waals surface area contributed by atoms with Crippen molar-refractivity contribution in [2.75, 3.05) is 0 Å². The third-order valence-electron chi connectivity index (χ3n) is 1.72. The summed E-state index contributed by atoms with van der Waals surface area (Å²) in [7, 11) is 0. The van der Waals surface area contributed by atoms with Gasteiger partial charge in [-0.05, 0) is 6.42 Å². The molecule has 0 spiro atoms. The van der Waals surface area contributed by atoms with E-state index in [1.54, 1.807) is 19.9 Å². The van der Waals surface area contributed by atoms with Crippen LogP contribution in [0, 0.1) is 5.41 Å². The van der Waals surface area contributed by atoms with Gasteiger partial charge in [-0.3, -0.25) is 0 Å². The minimum atomic E-state index is -1.33. The number of carboxylic acid groups (broad SMARTS) is 1. The van der Waals surface area contributed by atoms with Crippen molar-refractivity contribution in [3.63, 3.8) is 0 Å². The molecule has 0 amide bonds. The molecule has 3 nitrogen and oxygen atoms in total. The van der Waals surface area contributed by atoms with Crippen LogP contribution in [0.5, 0.6) is 0 Å². The summed E-state index contributed by atoms with van der Waals surface area (Å²) in [5.74, 6) is -1.18. The first-order valence-electron chi connectivity index (χ1n) is 4.00. The molecule has 3 heteroatoms. The lowest BCUT2D eigenvalue weighted by Crippen LogP contribution is -2.34. The van der Waals surface area contributed by atoms with Gasteiger partial charge in [0.05, 0.1) is 0 Å². The van der Waals surface area contributed by atoms with Gasteiger partial charge in [0.2, 0.25) is 0 Å². The quantitative estimate of drug-likeness (QED) is 0.630. The molecule has 0 rings (SSSR count). The zero-order valence-electron chi connectivity index (χ0n) is 7.74. The van der Waals surface area contributed by atoms with Crippen LogP contribution in [0.1, 0.15) is 27.2 Å². The molecule has 1 atom stereocenters. The van der Waals surface area contributed by atoms with Crippen LogP contribution in [-0.4, -0.2) is 22.3 Å².